The van der Waals surface area contributed by atoms with Crippen LogP contribution in [0.4, 0.5) is 28.8 Å². The summed E-state index contributed by atoms with van der Waals surface area (Å²) >= 11 is 6.25. The van der Waals surface area contributed by atoms with Gasteiger partial charge in [0.05, 0.1) is 42.3 Å². The van der Waals surface area contributed by atoms with Gasteiger partial charge in [-0.2, -0.15) is 4.98 Å². The standard InChI is InChI=1S/C19H21ClN6O3S/c1-11-5-7-15(12(2)22-11)24-19-21-10-14(20)18(25-19)23-16-8-6-13(29-3)9-17(16)26-30(4,27)28/h5-10,26H,1-4H3,(H2,21,23,24,25). The number of methoxy groups -OCH3 is 1. The maximum Gasteiger partial charge on any atom is 0.229 e. The summed E-state index contributed by atoms with van der Waals surface area (Å²) in [5.41, 5.74) is 3.21. The van der Waals surface area contributed by atoms with Crippen LogP contribution in [0.2, 0.25) is 5.02 Å². The average molecular weight is 449 g/mol. The predicted octanol–water partition coefficient (Wildman–Crippen LogP) is 4.01. The first-order valence-corrected chi connectivity index (χ1v) is 11.1. The van der Waals surface area contributed by atoms with E-state index in [4.69, 9.17) is 16.3 Å². The number of benzene rings is 1. The van der Waals surface area contributed by atoms with E-state index in [2.05, 4.69) is 30.3 Å². The molecule has 0 aliphatic heterocycles. The van der Waals surface area contributed by atoms with E-state index in [0.717, 1.165) is 23.3 Å². The van der Waals surface area contributed by atoms with Gasteiger partial charge in [0.1, 0.15) is 10.8 Å². The lowest BCUT2D eigenvalue weighted by Crippen LogP contribution is -2.11. The molecule has 3 N–H and O–H groups in total. The molecule has 0 fully saturated rings. The smallest absolute Gasteiger partial charge is 0.229 e. The summed E-state index contributed by atoms with van der Waals surface area (Å²) < 4.78 is 31.1. The third-order valence-corrected chi connectivity index (χ3v) is 4.86. The second-order valence-electron chi connectivity index (χ2n) is 6.51. The zero-order valence-corrected chi connectivity index (χ0v) is 18.4. The van der Waals surface area contributed by atoms with Gasteiger partial charge in [-0.3, -0.25) is 9.71 Å². The Morgan fingerprint density at radius 2 is 1.73 bits per heavy atom. The van der Waals surface area contributed by atoms with Crippen LogP contribution in [0.1, 0.15) is 11.4 Å². The first-order chi connectivity index (χ1) is 14.1. The molecule has 2 heterocycles. The fraction of sp³-hybridized carbons (Fsp3) is 0.211. The van der Waals surface area contributed by atoms with Gasteiger partial charge in [0.25, 0.3) is 0 Å². The third-order valence-electron chi connectivity index (χ3n) is 3.99. The molecule has 0 spiro atoms. The summed E-state index contributed by atoms with van der Waals surface area (Å²) in [7, 11) is -2.02. The van der Waals surface area contributed by atoms with Crippen molar-refractivity contribution in [2.75, 3.05) is 28.7 Å². The number of anilines is 5. The number of halogens is 1. The molecule has 3 aromatic rings. The van der Waals surface area contributed by atoms with Crippen LogP contribution in [-0.4, -0.2) is 36.7 Å². The molecule has 0 aliphatic carbocycles. The van der Waals surface area contributed by atoms with E-state index >= 15 is 0 Å². The molecule has 3 rings (SSSR count). The lowest BCUT2D eigenvalue weighted by molar-refractivity contribution is 0.415. The average Bonchev–Trinajstić information content (AvgIpc) is 2.66. The fourth-order valence-electron chi connectivity index (χ4n) is 2.63. The Kier molecular flexibility index (Phi) is 6.28. The number of hydrogen-bond acceptors (Lipinski definition) is 8. The summed E-state index contributed by atoms with van der Waals surface area (Å²) in [6.45, 7) is 3.79. The number of sulfonamides is 1. The van der Waals surface area contributed by atoms with Crippen molar-refractivity contribution in [2.45, 2.75) is 13.8 Å². The highest BCUT2D eigenvalue weighted by molar-refractivity contribution is 7.92. The van der Waals surface area contributed by atoms with Crippen LogP contribution < -0.4 is 20.1 Å². The van der Waals surface area contributed by atoms with Gasteiger partial charge in [0.2, 0.25) is 16.0 Å². The molecule has 0 bridgehead atoms. The van der Waals surface area contributed by atoms with Crippen LogP contribution in [0.15, 0.2) is 36.5 Å². The Hall–Kier alpha value is -3.11. The number of aryl methyl sites for hydroxylation is 2. The molecule has 11 heteroatoms. The summed E-state index contributed by atoms with van der Waals surface area (Å²) in [6, 6.07) is 8.67. The first kappa shape index (κ1) is 21.6. The number of rotatable bonds is 7. The molecule has 2 aromatic heterocycles. The molecule has 0 radical (unpaired) electrons. The van der Waals surface area contributed by atoms with Gasteiger partial charge in [0, 0.05) is 11.8 Å². The van der Waals surface area contributed by atoms with Gasteiger partial charge in [0.15, 0.2) is 5.82 Å². The Bertz CT molecular complexity index is 1190. The fourth-order valence-corrected chi connectivity index (χ4v) is 3.33. The second-order valence-corrected chi connectivity index (χ2v) is 8.67. The second kappa shape index (κ2) is 8.72. The summed E-state index contributed by atoms with van der Waals surface area (Å²) in [6.07, 6.45) is 2.51. The highest BCUT2D eigenvalue weighted by atomic mass is 35.5. The Morgan fingerprint density at radius 3 is 2.40 bits per heavy atom. The Labute approximate surface area is 179 Å². The quantitative estimate of drug-likeness (QED) is 0.496. The van der Waals surface area contributed by atoms with Crippen LogP contribution in [0.25, 0.3) is 0 Å². The molecule has 30 heavy (non-hydrogen) atoms. The van der Waals surface area contributed by atoms with E-state index in [1.54, 1.807) is 18.2 Å². The number of hydrogen-bond donors (Lipinski definition) is 3. The van der Waals surface area contributed by atoms with E-state index in [0.29, 0.717) is 28.9 Å². The van der Waals surface area contributed by atoms with Crippen LogP contribution >= 0.6 is 11.6 Å². The van der Waals surface area contributed by atoms with E-state index < -0.39 is 10.0 Å². The normalized spacial score (nSPS) is 11.1. The van der Waals surface area contributed by atoms with Gasteiger partial charge in [-0.15, -0.1) is 0 Å². The topological polar surface area (TPSA) is 118 Å². The van der Waals surface area contributed by atoms with Crippen molar-refractivity contribution in [2.24, 2.45) is 0 Å². The molecule has 9 nitrogen and oxygen atoms in total. The van der Waals surface area contributed by atoms with E-state index in [1.807, 2.05) is 26.0 Å². The maximum absolute atomic E-state index is 11.7. The molecule has 0 amide bonds. The summed E-state index contributed by atoms with van der Waals surface area (Å²) in [5.74, 6) is 1.10. The molecular weight excluding hydrogens is 428 g/mol. The van der Waals surface area contributed by atoms with Gasteiger partial charge >= 0.3 is 0 Å². The van der Waals surface area contributed by atoms with Crippen LogP contribution in [0.3, 0.4) is 0 Å². The number of ether oxygens (including phenoxy) is 1. The third kappa shape index (κ3) is 5.49. The molecular formula is C19H21ClN6O3S. The lowest BCUT2D eigenvalue weighted by Gasteiger charge is -2.15. The number of aromatic nitrogens is 3. The van der Waals surface area contributed by atoms with Crippen LogP contribution in [0, 0.1) is 13.8 Å². The van der Waals surface area contributed by atoms with Crippen LogP contribution in [0.5, 0.6) is 5.75 Å². The van der Waals surface area contributed by atoms with E-state index in [-0.39, 0.29) is 5.02 Å². The van der Waals surface area contributed by atoms with Gasteiger partial charge in [-0.25, -0.2) is 13.4 Å². The molecule has 0 atom stereocenters. The molecule has 0 aliphatic rings. The summed E-state index contributed by atoms with van der Waals surface area (Å²) in [4.78, 5) is 13.0. The Balaban J connectivity index is 1.92. The molecule has 1 aromatic carbocycles. The van der Waals surface area contributed by atoms with Crippen molar-refractivity contribution >= 4 is 50.5 Å². The molecule has 0 unspecified atom stereocenters. The van der Waals surface area contributed by atoms with E-state index in [1.165, 1.54) is 13.3 Å². The minimum absolute atomic E-state index is 0.264. The van der Waals surface area contributed by atoms with Crippen molar-refractivity contribution in [1.29, 1.82) is 0 Å². The van der Waals surface area contributed by atoms with Gasteiger partial charge in [-0.1, -0.05) is 11.6 Å². The highest BCUT2D eigenvalue weighted by Crippen LogP contribution is 2.32. The minimum atomic E-state index is -3.51. The van der Waals surface area contributed by atoms with Crippen molar-refractivity contribution in [3.63, 3.8) is 0 Å². The highest BCUT2D eigenvalue weighted by Gasteiger charge is 2.13. The zero-order chi connectivity index (χ0) is 21.9. The van der Waals surface area contributed by atoms with Crippen LogP contribution in [-0.2, 0) is 10.0 Å². The first-order valence-electron chi connectivity index (χ1n) is 8.81. The molecule has 0 saturated heterocycles. The number of nitrogens with zero attached hydrogens (tertiary/aromatic N) is 3. The monoisotopic (exact) mass is 448 g/mol. The van der Waals surface area contributed by atoms with Crippen molar-refractivity contribution in [3.8, 4) is 5.75 Å². The van der Waals surface area contributed by atoms with Gasteiger partial charge < -0.3 is 15.4 Å². The Morgan fingerprint density at radius 1 is 1.00 bits per heavy atom. The minimum Gasteiger partial charge on any atom is -0.497 e. The zero-order valence-electron chi connectivity index (χ0n) is 16.8. The SMILES string of the molecule is COc1ccc(Nc2nc(Nc3ccc(C)nc3C)ncc2Cl)c(NS(C)(=O)=O)c1. The largest absolute Gasteiger partial charge is 0.497 e. The maximum atomic E-state index is 11.7. The van der Waals surface area contributed by atoms with Crippen molar-refractivity contribution in [1.82, 2.24) is 15.0 Å². The van der Waals surface area contributed by atoms with Crippen molar-refractivity contribution < 1.29 is 13.2 Å². The van der Waals surface area contributed by atoms with Gasteiger partial charge in [-0.05, 0) is 38.1 Å². The predicted molar refractivity (Wildman–Crippen MR) is 119 cm³/mol. The number of nitrogens with one attached hydrogen (secondary N) is 3. The molecule has 158 valence electrons. The van der Waals surface area contributed by atoms with E-state index in [9.17, 15) is 8.42 Å². The van der Waals surface area contributed by atoms with Crippen molar-refractivity contribution in [3.05, 3.63) is 52.9 Å². The number of pyridine rings is 1. The molecule has 0 saturated carbocycles. The lowest BCUT2D eigenvalue weighted by atomic mass is 10.2. The summed E-state index contributed by atoms with van der Waals surface area (Å²) in [5, 5.41) is 6.42.